The zero-order valence-corrected chi connectivity index (χ0v) is 12.4. The number of nitrogens with zero attached hydrogens (tertiary/aromatic N) is 2. The van der Waals surface area contributed by atoms with Crippen molar-refractivity contribution < 1.29 is 5.32 Å². The molecule has 2 aromatic heterocycles. The molecule has 0 atom stereocenters. The minimum Gasteiger partial charge on any atom is -0.338 e. The van der Waals surface area contributed by atoms with E-state index in [1.165, 1.54) is 16.8 Å². The number of imidazole rings is 1. The second-order valence-corrected chi connectivity index (χ2v) is 5.96. The van der Waals surface area contributed by atoms with Crippen molar-refractivity contribution in [3.05, 3.63) is 71.2 Å². The van der Waals surface area contributed by atoms with Crippen molar-refractivity contribution in [1.29, 1.82) is 0 Å². The van der Waals surface area contributed by atoms with Crippen LogP contribution in [0.15, 0.2) is 60.0 Å². The lowest BCUT2D eigenvalue weighted by atomic mass is 10.2. The number of thiazole rings is 1. The van der Waals surface area contributed by atoms with Gasteiger partial charge in [0, 0.05) is 10.9 Å². The molecule has 0 aliphatic rings. The van der Waals surface area contributed by atoms with Gasteiger partial charge < -0.3 is 5.32 Å². The lowest BCUT2D eigenvalue weighted by Crippen LogP contribution is -2.80. The summed E-state index contributed by atoms with van der Waals surface area (Å²) < 4.78 is 2.28. The summed E-state index contributed by atoms with van der Waals surface area (Å²) in [6, 6.07) is 18.9. The summed E-state index contributed by atoms with van der Waals surface area (Å²) in [5, 5.41) is 4.56. The standard InChI is InChI=1S/C17H15N3S/c1-2-6-13(7-3-1)10-18-11-14-12-21-17-19-15-8-4-5-9-16(15)20(14)17/h1-9,12,18H,10-11H2/p+1. The third-order valence-electron chi connectivity index (χ3n) is 3.69. The molecule has 4 aromatic rings. The average molecular weight is 294 g/mol. The van der Waals surface area contributed by atoms with E-state index in [-0.39, 0.29) is 0 Å². The maximum absolute atomic E-state index is 4.67. The van der Waals surface area contributed by atoms with E-state index in [1.54, 1.807) is 11.3 Å². The van der Waals surface area contributed by atoms with Crippen LogP contribution in [-0.4, -0.2) is 9.38 Å². The number of aromatic nitrogens is 2. The highest BCUT2D eigenvalue weighted by atomic mass is 32.1. The van der Waals surface area contributed by atoms with E-state index in [0.717, 1.165) is 23.6 Å². The fourth-order valence-electron chi connectivity index (χ4n) is 2.67. The molecule has 0 aliphatic heterocycles. The lowest BCUT2D eigenvalue weighted by Gasteiger charge is -2.02. The first-order chi connectivity index (χ1) is 10.4. The summed E-state index contributed by atoms with van der Waals surface area (Å²) in [6.07, 6.45) is 0. The Balaban J connectivity index is 1.59. The van der Waals surface area contributed by atoms with Gasteiger partial charge in [-0.1, -0.05) is 42.5 Å². The Bertz CT molecular complexity index is 877. The number of rotatable bonds is 4. The van der Waals surface area contributed by atoms with Gasteiger partial charge >= 0.3 is 0 Å². The molecule has 0 amide bonds. The van der Waals surface area contributed by atoms with Gasteiger partial charge in [0.05, 0.1) is 16.7 Å². The Hall–Kier alpha value is -2.17. The highest BCUT2D eigenvalue weighted by Gasteiger charge is 2.11. The van der Waals surface area contributed by atoms with Crippen LogP contribution in [0, 0.1) is 0 Å². The zero-order chi connectivity index (χ0) is 14.1. The maximum atomic E-state index is 4.67. The zero-order valence-electron chi connectivity index (χ0n) is 11.6. The third kappa shape index (κ3) is 2.33. The number of para-hydroxylation sites is 2. The van der Waals surface area contributed by atoms with Crippen LogP contribution in [-0.2, 0) is 13.1 Å². The van der Waals surface area contributed by atoms with Gasteiger partial charge in [0.1, 0.15) is 13.1 Å². The van der Waals surface area contributed by atoms with Crippen LogP contribution in [0.1, 0.15) is 11.3 Å². The van der Waals surface area contributed by atoms with Crippen molar-refractivity contribution in [3.8, 4) is 0 Å². The first-order valence-corrected chi connectivity index (χ1v) is 7.99. The third-order valence-corrected chi connectivity index (χ3v) is 4.57. The van der Waals surface area contributed by atoms with Gasteiger partial charge in [-0.15, -0.1) is 11.3 Å². The molecule has 2 aromatic carbocycles. The van der Waals surface area contributed by atoms with E-state index in [0.29, 0.717) is 0 Å². The highest BCUT2D eigenvalue weighted by molar-refractivity contribution is 7.15. The first-order valence-electron chi connectivity index (χ1n) is 7.11. The topological polar surface area (TPSA) is 33.9 Å². The Kier molecular flexibility index (Phi) is 3.18. The molecule has 0 unspecified atom stereocenters. The summed E-state index contributed by atoms with van der Waals surface area (Å²) in [5.41, 5.74) is 4.96. The van der Waals surface area contributed by atoms with Gasteiger partial charge in [0.2, 0.25) is 0 Å². The van der Waals surface area contributed by atoms with Crippen molar-refractivity contribution >= 4 is 27.3 Å². The molecule has 4 rings (SSSR count). The van der Waals surface area contributed by atoms with Crippen LogP contribution in [0.5, 0.6) is 0 Å². The van der Waals surface area contributed by atoms with Gasteiger partial charge in [-0.3, -0.25) is 4.40 Å². The summed E-state index contributed by atoms with van der Waals surface area (Å²) in [7, 11) is 0. The molecular weight excluding hydrogens is 278 g/mol. The van der Waals surface area contributed by atoms with E-state index in [1.807, 2.05) is 6.07 Å². The van der Waals surface area contributed by atoms with Gasteiger partial charge in [0.15, 0.2) is 4.96 Å². The second-order valence-electron chi connectivity index (χ2n) is 5.13. The van der Waals surface area contributed by atoms with Crippen LogP contribution < -0.4 is 5.32 Å². The molecule has 2 N–H and O–H groups in total. The summed E-state index contributed by atoms with van der Waals surface area (Å²) in [5.74, 6) is 0. The Labute approximate surface area is 126 Å². The smallest absolute Gasteiger partial charge is 0.195 e. The summed E-state index contributed by atoms with van der Waals surface area (Å²) >= 11 is 1.72. The molecule has 104 valence electrons. The predicted octanol–water partition coefficient (Wildman–Crippen LogP) is 2.81. The van der Waals surface area contributed by atoms with Gasteiger partial charge in [-0.05, 0) is 12.1 Å². The van der Waals surface area contributed by atoms with Crippen molar-refractivity contribution in [2.45, 2.75) is 13.1 Å². The van der Waals surface area contributed by atoms with Crippen molar-refractivity contribution in [1.82, 2.24) is 9.38 Å². The van der Waals surface area contributed by atoms with E-state index in [4.69, 9.17) is 0 Å². The largest absolute Gasteiger partial charge is 0.338 e. The number of hydrogen-bond acceptors (Lipinski definition) is 2. The van der Waals surface area contributed by atoms with E-state index in [2.05, 4.69) is 68.6 Å². The summed E-state index contributed by atoms with van der Waals surface area (Å²) in [4.78, 5) is 5.75. The second kappa shape index (κ2) is 5.31. The van der Waals surface area contributed by atoms with Crippen LogP contribution in [0.25, 0.3) is 16.0 Å². The lowest BCUT2D eigenvalue weighted by molar-refractivity contribution is -0.686. The average Bonchev–Trinajstić information content (AvgIpc) is 3.08. The molecule has 0 fully saturated rings. The van der Waals surface area contributed by atoms with E-state index >= 15 is 0 Å². The molecule has 4 heteroatoms. The normalized spacial score (nSPS) is 11.4. The molecule has 3 nitrogen and oxygen atoms in total. The Morgan fingerprint density at radius 3 is 2.67 bits per heavy atom. The van der Waals surface area contributed by atoms with E-state index in [9.17, 15) is 0 Å². The summed E-state index contributed by atoms with van der Waals surface area (Å²) in [6.45, 7) is 1.97. The fraction of sp³-hybridized carbons (Fsp3) is 0.118. The Morgan fingerprint density at radius 1 is 0.952 bits per heavy atom. The number of quaternary nitrogens is 1. The Morgan fingerprint density at radius 2 is 1.76 bits per heavy atom. The van der Waals surface area contributed by atoms with Crippen LogP contribution >= 0.6 is 11.3 Å². The number of nitrogens with two attached hydrogens (primary N) is 1. The molecule has 2 heterocycles. The fourth-order valence-corrected chi connectivity index (χ4v) is 3.59. The van der Waals surface area contributed by atoms with E-state index < -0.39 is 0 Å². The molecule has 0 saturated carbocycles. The molecular formula is C17H16N3S+. The number of hydrogen-bond donors (Lipinski definition) is 1. The van der Waals surface area contributed by atoms with Crippen molar-refractivity contribution in [2.75, 3.05) is 0 Å². The van der Waals surface area contributed by atoms with Crippen molar-refractivity contribution in [3.63, 3.8) is 0 Å². The molecule has 0 saturated heterocycles. The molecule has 21 heavy (non-hydrogen) atoms. The quantitative estimate of drug-likeness (QED) is 0.617. The molecule has 0 radical (unpaired) electrons. The van der Waals surface area contributed by atoms with Crippen LogP contribution in [0.4, 0.5) is 0 Å². The highest BCUT2D eigenvalue weighted by Crippen LogP contribution is 2.22. The monoisotopic (exact) mass is 294 g/mol. The predicted molar refractivity (Wildman–Crippen MR) is 86.4 cm³/mol. The number of fused-ring (bicyclic) bond motifs is 3. The van der Waals surface area contributed by atoms with Gasteiger partial charge in [0.25, 0.3) is 0 Å². The van der Waals surface area contributed by atoms with Gasteiger partial charge in [-0.2, -0.15) is 0 Å². The number of benzene rings is 2. The molecule has 0 spiro atoms. The SMILES string of the molecule is c1ccc(C[NH2+]Cc2csc3nc4ccccc4n23)cc1. The maximum Gasteiger partial charge on any atom is 0.195 e. The van der Waals surface area contributed by atoms with Crippen LogP contribution in [0.3, 0.4) is 0 Å². The minimum atomic E-state index is 0.968. The minimum absolute atomic E-state index is 0.968. The van der Waals surface area contributed by atoms with Crippen LogP contribution in [0.2, 0.25) is 0 Å². The molecule has 0 aliphatic carbocycles. The van der Waals surface area contributed by atoms with Gasteiger partial charge in [-0.25, -0.2) is 4.98 Å². The molecule has 0 bridgehead atoms. The van der Waals surface area contributed by atoms with Crippen molar-refractivity contribution in [2.24, 2.45) is 0 Å². The first kappa shape index (κ1) is 12.6.